The van der Waals surface area contributed by atoms with Crippen molar-refractivity contribution < 1.29 is 9.47 Å². The largest absolute Gasteiger partial charge is 0.504 e. The fraction of sp³-hybridized carbons (Fsp3) is 0.222. The van der Waals surface area contributed by atoms with E-state index in [1.165, 1.54) is 0 Å². The van der Waals surface area contributed by atoms with Crippen LogP contribution in [0.5, 0.6) is 5.88 Å². The number of methoxy groups -OCH3 is 2. The van der Waals surface area contributed by atoms with Crippen LogP contribution in [0.4, 0.5) is 0 Å². The highest BCUT2D eigenvalue weighted by Crippen LogP contribution is 2.22. The molecule has 3 nitrogen and oxygen atoms in total. The van der Waals surface area contributed by atoms with Crippen molar-refractivity contribution in [1.29, 1.82) is 0 Å². The fourth-order valence-electron chi connectivity index (χ4n) is 0.828. The third kappa shape index (κ3) is 2.73. The minimum Gasteiger partial charge on any atom is -0.504 e. The number of ether oxygens (including phenoxy) is 2. The summed E-state index contributed by atoms with van der Waals surface area (Å²) in [6, 6.07) is 1.90. The van der Waals surface area contributed by atoms with Gasteiger partial charge in [-0.3, -0.25) is 0 Å². The lowest BCUT2D eigenvalue weighted by Crippen LogP contribution is -1.88. The third-order valence-corrected chi connectivity index (χ3v) is 1.99. The molecule has 0 radical (unpaired) electrons. The predicted octanol–water partition coefficient (Wildman–Crippen LogP) is 2.47. The summed E-state index contributed by atoms with van der Waals surface area (Å²) in [5, 5.41) is 0. The zero-order chi connectivity index (χ0) is 9.68. The molecule has 0 aliphatic carbocycles. The zero-order valence-corrected chi connectivity index (χ0v) is 9.04. The van der Waals surface area contributed by atoms with E-state index in [2.05, 4.69) is 20.9 Å². The predicted molar refractivity (Wildman–Crippen MR) is 54.5 cm³/mol. The van der Waals surface area contributed by atoms with Gasteiger partial charge in [0.15, 0.2) is 0 Å². The van der Waals surface area contributed by atoms with Crippen LogP contribution in [0.25, 0.3) is 6.08 Å². The summed E-state index contributed by atoms with van der Waals surface area (Å²) in [6.45, 7) is 0. The summed E-state index contributed by atoms with van der Waals surface area (Å²) in [5.74, 6) is 0.578. The van der Waals surface area contributed by atoms with Crippen LogP contribution in [0.15, 0.2) is 23.0 Å². The van der Waals surface area contributed by atoms with E-state index in [1.807, 2.05) is 12.1 Å². The maximum Gasteiger partial charge on any atom is 0.227 e. The van der Waals surface area contributed by atoms with Gasteiger partial charge in [-0.05, 0) is 33.6 Å². The Morgan fingerprint density at radius 3 is 2.77 bits per heavy atom. The minimum atomic E-state index is 0.578. The second-order valence-corrected chi connectivity index (χ2v) is 3.15. The lowest BCUT2D eigenvalue weighted by atomic mass is 10.3. The lowest BCUT2D eigenvalue weighted by Gasteiger charge is -2.01. The Morgan fingerprint density at radius 2 is 2.23 bits per heavy atom. The van der Waals surface area contributed by atoms with Crippen molar-refractivity contribution in [2.24, 2.45) is 0 Å². The molecule has 0 aliphatic rings. The highest BCUT2D eigenvalue weighted by molar-refractivity contribution is 9.10. The van der Waals surface area contributed by atoms with Crippen LogP contribution in [-0.4, -0.2) is 19.2 Å². The molecule has 0 atom stereocenters. The maximum absolute atomic E-state index is 4.99. The quantitative estimate of drug-likeness (QED) is 0.765. The molecular weight excluding hydrogens is 234 g/mol. The molecule has 1 heterocycles. The number of rotatable bonds is 3. The van der Waals surface area contributed by atoms with E-state index in [0.29, 0.717) is 5.88 Å². The molecule has 13 heavy (non-hydrogen) atoms. The monoisotopic (exact) mass is 243 g/mol. The molecule has 0 spiro atoms. The van der Waals surface area contributed by atoms with Crippen molar-refractivity contribution >= 4 is 22.0 Å². The number of hydrogen-bond donors (Lipinski definition) is 0. The van der Waals surface area contributed by atoms with Gasteiger partial charge in [0.25, 0.3) is 0 Å². The number of aromatic nitrogens is 1. The van der Waals surface area contributed by atoms with Gasteiger partial charge < -0.3 is 9.47 Å². The van der Waals surface area contributed by atoms with Gasteiger partial charge in [-0.15, -0.1) is 0 Å². The zero-order valence-electron chi connectivity index (χ0n) is 7.45. The summed E-state index contributed by atoms with van der Waals surface area (Å²) < 4.78 is 10.6. The first-order valence-corrected chi connectivity index (χ1v) is 4.46. The Hall–Kier alpha value is -1.03. The van der Waals surface area contributed by atoms with Gasteiger partial charge in [-0.1, -0.05) is 0 Å². The van der Waals surface area contributed by atoms with Crippen LogP contribution >= 0.6 is 15.9 Å². The SMILES string of the molecule is CO/C=C/c1cnc(OC)c(Br)c1. The molecule has 1 aromatic rings. The molecule has 0 unspecified atom stereocenters. The van der Waals surface area contributed by atoms with Crippen molar-refractivity contribution in [3.05, 3.63) is 28.6 Å². The molecular formula is C9H10BrNO2. The second kappa shape index (κ2) is 4.87. The maximum atomic E-state index is 4.99. The molecule has 0 saturated carbocycles. The van der Waals surface area contributed by atoms with Crippen molar-refractivity contribution in [3.63, 3.8) is 0 Å². The normalized spacial score (nSPS) is 10.4. The van der Waals surface area contributed by atoms with E-state index in [9.17, 15) is 0 Å². The molecule has 0 bridgehead atoms. The smallest absolute Gasteiger partial charge is 0.227 e. The first-order chi connectivity index (χ1) is 6.27. The molecule has 1 aromatic heterocycles. The second-order valence-electron chi connectivity index (χ2n) is 2.30. The molecule has 0 amide bonds. The Morgan fingerprint density at radius 1 is 1.46 bits per heavy atom. The first-order valence-electron chi connectivity index (χ1n) is 3.67. The highest BCUT2D eigenvalue weighted by Gasteiger charge is 2.00. The Balaban J connectivity index is 2.89. The number of halogens is 1. The first kappa shape index (κ1) is 10.1. The summed E-state index contributed by atoms with van der Waals surface area (Å²) in [6.07, 6.45) is 5.12. The molecule has 70 valence electrons. The van der Waals surface area contributed by atoms with Crippen molar-refractivity contribution in [2.75, 3.05) is 14.2 Å². The van der Waals surface area contributed by atoms with E-state index in [-0.39, 0.29) is 0 Å². The van der Waals surface area contributed by atoms with Gasteiger partial charge in [0, 0.05) is 6.20 Å². The topological polar surface area (TPSA) is 31.4 Å². The average molecular weight is 244 g/mol. The molecule has 0 N–H and O–H groups in total. The molecule has 0 saturated heterocycles. The van der Waals surface area contributed by atoms with Crippen LogP contribution in [0.3, 0.4) is 0 Å². The van der Waals surface area contributed by atoms with Gasteiger partial charge in [0.05, 0.1) is 25.0 Å². The van der Waals surface area contributed by atoms with Crippen molar-refractivity contribution in [1.82, 2.24) is 4.98 Å². The van der Waals surface area contributed by atoms with Gasteiger partial charge in [0.2, 0.25) is 5.88 Å². The van der Waals surface area contributed by atoms with Crippen molar-refractivity contribution in [2.45, 2.75) is 0 Å². The highest BCUT2D eigenvalue weighted by atomic mass is 79.9. The summed E-state index contributed by atoms with van der Waals surface area (Å²) in [7, 11) is 3.18. The van der Waals surface area contributed by atoms with Gasteiger partial charge in [0.1, 0.15) is 0 Å². The summed E-state index contributed by atoms with van der Waals surface area (Å²) in [4.78, 5) is 4.07. The van der Waals surface area contributed by atoms with E-state index >= 15 is 0 Å². The average Bonchev–Trinajstić information content (AvgIpc) is 2.15. The van der Waals surface area contributed by atoms with E-state index in [4.69, 9.17) is 9.47 Å². The standard InChI is InChI=1S/C9H10BrNO2/c1-12-4-3-7-5-8(10)9(13-2)11-6-7/h3-6H,1-2H3/b4-3+. The minimum absolute atomic E-state index is 0.578. The number of nitrogens with zero attached hydrogens (tertiary/aromatic N) is 1. The fourth-order valence-corrected chi connectivity index (χ4v) is 1.36. The summed E-state index contributed by atoms with van der Waals surface area (Å²) in [5.41, 5.74) is 0.953. The van der Waals surface area contributed by atoms with Crippen molar-refractivity contribution in [3.8, 4) is 5.88 Å². The van der Waals surface area contributed by atoms with Gasteiger partial charge >= 0.3 is 0 Å². The molecule has 4 heteroatoms. The molecule has 0 aromatic carbocycles. The van der Waals surface area contributed by atoms with E-state index in [1.54, 1.807) is 26.7 Å². The number of pyridine rings is 1. The summed E-state index contributed by atoms with van der Waals surface area (Å²) >= 11 is 3.34. The van der Waals surface area contributed by atoms with Gasteiger partial charge in [-0.25, -0.2) is 4.98 Å². The lowest BCUT2D eigenvalue weighted by molar-refractivity contribution is 0.341. The third-order valence-electron chi connectivity index (χ3n) is 1.42. The van der Waals surface area contributed by atoms with E-state index in [0.717, 1.165) is 10.0 Å². The van der Waals surface area contributed by atoms with E-state index < -0.39 is 0 Å². The van der Waals surface area contributed by atoms with Gasteiger partial charge in [-0.2, -0.15) is 0 Å². The van der Waals surface area contributed by atoms with Crippen LogP contribution in [0.2, 0.25) is 0 Å². The van der Waals surface area contributed by atoms with Crippen LogP contribution in [0, 0.1) is 0 Å². The number of hydrogen-bond acceptors (Lipinski definition) is 3. The molecule has 1 rings (SSSR count). The molecule has 0 aliphatic heterocycles. The van der Waals surface area contributed by atoms with Crippen LogP contribution < -0.4 is 4.74 Å². The van der Waals surface area contributed by atoms with Crippen LogP contribution in [-0.2, 0) is 4.74 Å². The Labute approximate surface area is 85.5 Å². The Bertz CT molecular complexity index is 312. The van der Waals surface area contributed by atoms with Crippen LogP contribution in [0.1, 0.15) is 5.56 Å². The molecule has 0 fully saturated rings. The Kier molecular flexibility index (Phi) is 3.76.